The fourth-order valence-corrected chi connectivity index (χ4v) is 2.68. The maximum atomic E-state index is 9.06. The maximum absolute atomic E-state index is 9.06. The molecule has 1 heterocycles. The van der Waals surface area contributed by atoms with Crippen LogP contribution in [-0.2, 0) is 0 Å². The predicted octanol–water partition coefficient (Wildman–Crippen LogP) is 2.72. The molecule has 1 saturated heterocycles. The molecule has 1 aromatic rings. The van der Waals surface area contributed by atoms with E-state index in [1.807, 2.05) is 12.1 Å². The van der Waals surface area contributed by atoms with Gasteiger partial charge in [0.25, 0.3) is 0 Å². The van der Waals surface area contributed by atoms with Crippen LogP contribution in [0.1, 0.15) is 37.3 Å². The molecule has 1 aliphatic rings. The van der Waals surface area contributed by atoms with Crippen molar-refractivity contribution in [2.75, 3.05) is 25.0 Å². The summed E-state index contributed by atoms with van der Waals surface area (Å²) in [5.74, 6) is 0. The number of rotatable bonds is 3. The van der Waals surface area contributed by atoms with Crippen molar-refractivity contribution in [2.24, 2.45) is 0 Å². The Kier molecular flexibility index (Phi) is 4.98. The van der Waals surface area contributed by atoms with E-state index in [2.05, 4.69) is 23.2 Å². The van der Waals surface area contributed by atoms with Gasteiger partial charge in [-0.2, -0.15) is 10.5 Å². The van der Waals surface area contributed by atoms with Gasteiger partial charge in [0.15, 0.2) is 0 Å². The first-order valence-electron chi connectivity index (χ1n) is 7.20. The molecular weight excluding hydrogens is 248 g/mol. The third kappa shape index (κ3) is 3.50. The molecule has 0 bridgehead atoms. The van der Waals surface area contributed by atoms with Gasteiger partial charge in [0, 0.05) is 18.3 Å². The lowest BCUT2D eigenvalue weighted by molar-refractivity contribution is 0.300. The van der Waals surface area contributed by atoms with Crippen LogP contribution in [0.15, 0.2) is 18.2 Å². The number of nitrogens with one attached hydrogen (secondary N) is 1. The monoisotopic (exact) mass is 268 g/mol. The van der Waals surface area contributed by atoms with E-state index in [9.17, 15) is 0 Å². The number of hydrogen-bond acceptors (Lipinski definition) is 4. The van der Waals surface area contributed by atoms with Crippen LogP contribution in [0.25, 0.3) is 0 Å². The van der Waals surface area contributed by atoms with Gasteiger partial charge >= 0.3 is 0 Å². The van der Waals surface area contributed by atoms with E-state index < -0.39 is 0 Å². The van der Waals surface area contributed by atoms with Crippen LogP contribution in [0.4, 0.5) is 5.69 Å². The van der Waals surface area contributed by atoms with Crippen LogP contribution >= 0.6 is 0 Å². The smallest absolute Gasteiger partial charge is 0.101 e. The van der Waals surface area contributed by atoms with Crippen molar-refractivity contribution < 1.29 is 0 Å². The Labute approximate surface area is 120 Å². The van der Waals surface area contributed by atoms with Gasteiger partial charge in [0.05, 0.1) is 11.1 Å². The zero-order chi connectivity index (χ0) is 14.4. The van der Waals surface area contributed by atoms with Crippen molar-refractivity contribution >= 4 is 5.69 Å². The van der Waals surface area contributed by atoms with Crippen LogP contribution in [0.2, 0.25) is 0 Å². The number of likely N-dealkylation sites (tertiary alicyclic amines) is 1. The summed E-state index contributed by atoms with van der Waals surface area (Å²) in [6.07, 6.45) is 3.47. The van der Waals surface area contributed by atoms with Crippen LogP contribution < -0.4 is 5.32 Å². The lowest BCUT2D eigenvalue weighted by Gasteiger charge is -2.19. The average molecular weight is 268 g/mol. The molecule has 2 rings (SSSR count). The SMILES string of the molecule is CCN1CCCC(Nc2ccc(C#N)c(C#N)c2)CC1. The summed E-state index contributed by atoms with van der Waals surface area (Å²) in [5, 5.41) is 21.5. The molecule has 1 atom stereocenters. The molecule has 0 spiro atoms. The second kappa shape index (κ2) is 6.93. The second-order valence-corrected chi connectivity index (χ2v) is 5.19. The molecule has 0 saturated carbocycles. The van der Waals surface area contributed by atoms with Crippen LogP contribution in [0.3, 0.4) is 0 Å². The van der Waals surface area contributed by atoms with Gasteiger partial charge in [0.1, 0.15) is 12.1 Å². The molecule has 4 heteroatoms. The largest absolute Gasteiger partial charge is 0.382 e. The summed E-state index contributed by atoms with van der Waals surface area (Å²) < 4.78 is 0. The molecule has 104 valence electrons. The lowest BCUT2D eigenvalue weighted by atomic mass is 10.1. The first-order valence-corrected chi connectivity index (χ1v) is 7.20. The first kappa shape index (κ1) is 14.4. The minimum Gasteiger partial charge on any atom is -0.382 e. The van der Waals surface area contributed by atoms with Crippen LogP contribution in [-0.4, -0.2) is 30.6 Å². The van der Waals surface area contributed by atoms with E-state index in [0.717, 1.165) is 31.6 Å². The maximum Gasteiger partial charge on any atom is 0.101 e. The molecule has 1 aromatic carbocycles. The fraction of sp³-hybridized carbons (Fsp3) is 0.500. The number of nitrogens with zero attached hydrogens (tertiary/aromatic N) is 3. The van der Waals surface area contributed by atoms with Gasteiger partial charge in [-0.15, -0.1) is 0 Å². The summed E-state index contributed by atoms with van der Waals surface area (Å²) in [7, 11) is 0. The van der Waals surface area contributed by atoms with Crippen molar-refractivity contribution in [3.8, 4) is 12.1 Å². The highest BCUT2D eigenvalue weighted by Gasteiger charge is 2.16. The number of nitriles is 2. The highest BCUT2D eigenvalue weighted by molar-refractivity contribution is 5.56. The summed E-state index contributed by atoms with van der Waals surface area (Å²) >= 11 is 0. The van der Waals surface area contributed by atoms with Crippen molar-refractivity contribution in [2.45, 2.75) is 32.2 Å². The molecule has 0 aromatic heterocycles. The Morgan fingerprint density at radius 3 is 2.70 bits per heavy atom. The molecule has 1 N–H and O–H groups in total. The van der Waals surface area contributed by atoms with Gasteiger partial charge < -0.3 is 10.2 Å². The number of anilines is 1. The standard InChI is InChI=1S/C16H20N4/c1-2-20-8-3-4-15(7-9-20)19-16-6-5-13(11-17)14(10-16)12-18/h5-6,10,15,19H,2-4,7-9H2,1H3. The predicted molar refractivity (Wildman–Crippen MR) is 79.2 cm³/mol. The van der Waals surface area contributed by atoms with E-state index in [1.54, 1.807) is 12.1 Å². The van der Waals surface area contributed by atoms with Crippen LogP contribution in [0, 0.1) is 22.7 Å². The molecule has 0 amide bonds. The zero-order valence-corrected chi connectivity index (χ0v) is 11.9. The summed E-state index contributed by atoms with van der Waals surface area (Å²) in [5.41, 5.74) is 1.83. The van der Waals surface area contributed by atoms with Crippen molar-refractivity contribution in [1.29, 1.82) is 10.5 Å². The quantitative estimate of drug-likeness (QED) is 0.915. The van der Waals surface area contributed by atoms with Crippen molar-refractivity contribution in [3.63, 3.8) is 0 Å². The van der Waals surface area contributed by atoms with E-state index >= 15 is 0 Å². The lowest BCUT2D eigenvalue weighted by Crippen LogP contribution is -2.26. The molecule has 1 aliphatic heterocycles. The normalized spacial score (nSPS) is 19.6. The van der Waals surface area contributed by atoms with Gasteiger partial charge in [-0.1, -0.05) is 6.92 Å². The van der Waals surface area contributed by atoms with Gasteiger partial charge in [-0.3, -0.25) is 0 Å². The van der Waals surface area contributed by atoms with Gasteiger partial charge in [0.2, 0.25) is 0 Å². The van der Waals surface area contributed by atoms with E-state index in [-0.39, 0.29) is 0 Å². The minimum atomic E-state index is 0.441. The Hall–Kier alpha value is -2.04. The van der Waals surface area contributed by atoms with Crippen LogP contribution in [0.5, 0.6) is 0 Å². The Morgan fingerprint density at radius 1 is 1.20 bits per heavy atom. The second-order valence-electron chi connectivity index (χ2n) is 5.19. The summed E-state index contributed by atoms with van der Waals surface area (Å²) in [6, 6.07) is 9.96. The van der Waals surface area contributed by atoms with E-state index in [1.165, 1.54) is 13.0 Å². The van der Waals surface area contributed by atoms with Gasteiger partial charge in [-0.05, 0) is 50.6 Å². The zero-order valence-electron chi connectivity index (χ0n) is 11.9. The third-order valence-electron chi connectivity index (χ3n) is 3.90. The highest BCUT2D eigenvalue weighted by Crippen LogP contribution is 2.19. The Bertz CT molecular complexity index is 538. The minimum absolute atomic E-state index is 0.441. The Balaban J connectivity index is 2.03. The molecule has 1 unspecified atom stereocenters. The van der Waals surface area contributed by atoms with E-state index in [0.29, 0.717) is 17.2 Å². The fourth-order valence-electron chi connectivity index (χ4n) is 2.68. The molecular formula is C16H20N4. The highest BCUT2D eigenvalue weighted by atomic mass is 15.1. The van der Waals surface area contributed by atoms with Crippen molar-refractivity contribution in [3.05, 3.63) is 29.3 Å². The topological polar surface area (TPSA) is 62.9 Å². The van der Waals surface area contributed by atoms with Gasteiger partial charge in [-0.25, -0.2) is 0 Å². The number of hydrogen-bond donors (Lipinski definition) is 1. The summed E-state index contributed by atoms with van der Waals surface area (Å²) in [6.45, 7) is 5.61. The molecule has 1 fully saturated rings. The molecule has 4 nitrogen and oxygen atoms in total. The Morgan fingerprint density at radius 2 is 2.00 bits per heavy atom. The number of benzene rings is 1. The molecule has 20 heavy (non-hydrogen) atoms. The average Bonchev–Trinajstić information content (AvgIpc) is 2.72. The third-order valence-corrected chi connectivity index (χ3v) is 3.90. The van der Waals surface area contributed by atoms with E-state index in [4.69, 9.17) is 10.5 Å². The summed E-state index contributed by atoms with van der Waals surface area (Å²) in [4.78, 5) is 2.47. The molecule has 0 radical (unpaired) electrons. The van der Waals surface area contributed by atoms with Crippen molar-refractivity contribution in [1.82, 2.24) is 4.90 Å². The first-order chi connectivity index (χ1) is 9.76. The molecule has 0 aliphatic carbocycles.